The van der Waals surface area contributed by atoms with Crippen LogP contribution in [-0.4, -0.2) is 25.7 Å². The SMILES string of the molecule is CCOC(=O)C1=C(C)NC(=O)N[C@@H]1c1ccc(C)c(OC)c1. The predicted molar refractivity (Wildman–Crippen MR) is 81.5 cm³/mol. The smallest absolute Gasteiger partial charge is 0.338 e. The Morgan fingerprint density at radius 1 is 1.32 bits per heavy atom. The van der Waals surface area contributed by atoms with Crippen molar-refractivity contribution >= 4 is 12.0 Å². The molecule has 1 aromatic rings. The summed E-state index contributed by atoms with van der Waals surface area (Å²) in [6, 6.07) is 4.65. The molecule has 2 N–H and O–H groups in total. The van der Waals surface area contributed by atoms with Crippen molar-refractivity contribution in [2.45, 2.75) is 26.8 Å². The van der Waals surface area contributed by atoms with Crippen LogP contribution in [0, 0.1) is 6.92 Å². The van der Waals surface area contributed by atoms with Crippen LogP contribution in [0.15, 0.2) is 29.5 Å². The van der Waals surface area contributed by atoms with Crippen LogP contribution in [0.4, 0.5) is 4.79 Å². The molecule has 1 aliphatic rings. The fourth-order valence-electron chi connectivity index (χ4n) is 2.44. The van der Waals surface area contributed by atoms with Gasteiger partial charge in [0.05, 0.1) is 25.3 Å². The first-order chi connectivity index (χ1) is 10.5. The van der Waals surface area contributed by atoms with Crippen LogP contribution in [0.1, 0.15) is 31.0 Å². The van der Waals surface area contributed by atoms with Gasteiger partial charge >= 0.3 is 12.0 Å². The van der Waals surface area contributed by atoms with E-state index in [-0.39, 0.29) is 12.6 Å². The molecule has 2 rings (SSSR count). The quantitative estimate of drug-likeness (QED) is 0.836. The highest BCUT2D eigenvalue weighted by Crippen LogP contribution is 2.30. The summed E-state index contributed by atoms with van der Waals surface area (Å²) in [6.07, 6.45) is 0. The zero-order chi connectivity index (χ0) is 16.3. The number of ether oxygens (including phenoxy) is 2. The molecule has 0 radical (unpaired) electrons. The second kappa shape index (κ2) is 6.51. The van der Waals surface area contributed by atoms with E-state index >= 15 is 0 Å². The van der Waals surface area contributed by atoms with Gasteiger partial charge in [0.15, 0.2) is 0 Å². The van der Waals surface area contributed by atoms with E-state index in [4.69, 9.17) is 9.47 Å². The molecule has 0 unspecified atom stereocenters. The van der Waals surface area contributed by atoms with Crippen LogP contribution in [-0.2, 0) is 9.53 Å². The number of amides is 2. The molecular weight excluding hydrogens is 284 g/mol. The zero-order valence-corrected chi connectivity index (χ0v) is 13.1. The molecule has 0 bridgehead atoms. The number of rotatable bonds is 4. The summed E-state index contributed by atoms with van der Waals surface area (Å²) < 4.78 is 10.4. The molecule has 1 heterocycles. The van der Waals surface area contributed by atoms with Crippen LogP contribution in [0.3, 0.4) is 0 Å². The van der Waals surface area contributed by atoms with Crippen LogP contribution < -0.4 is 15.4 Å². The molecule has 6 heteroatoms. The number of carbonyl (C=O) groups is 2. The van der Waals surface area contributed by atoms with Crippen molar-refractivity contribution < 1.29 is 19.1 Å². The maximum atomic E-state index is 12.2. The monoisotopic (exact) mass is 304 g/mol. The van der Waals surface area contributed by atoms with E-state index in [0.29, 0.717) is 17.0 Å². The summed E-state index contributed by atoms with van der Waals surface area (Å²) in [5.41, 5.74) is 2.63. The molecule has 2 amide bonds. The third kappa shape index (κ3) is 3.05. The third-order valence-corrected chi connectivity index (χ3v) is 3.53. The summed E-state index contributed by atoms with van der Waals surface area (Å²) in [5.74, 6) is 0.253. The lowest BCUT2D eigenvalue weighted by Gasteiger charge is -2.28. The Morgan fingerprint density at radius 3 is 2.68 bits per heavy atom. The number of benzene rings is 1. The van der Waals surface area contributed by atoms with Gasteiger partial charge in [0.2, 0.25) is 0 Å². The average Bonchev–Trinajstić information content (AvgIpc) is 2.47. The highest BCUT2D eigenvalue weighted by molar-refractivity contribution is 5.95. The molecular formula is C16H20N2O4. The van der Waals surface area contributed by atoms with Crippen LogP contribution in [0.25, 0.3) is 0 Å². The minimum atomic E-state index is -0.567. The van der Waals surface area contributed by atoms with Crippen LogP contribution in [0.2, 0.25) is 0 Å². The van der Waals surface area contributed by atoms with E-state index in [9.17, 15) is 9.59 Å². The Kier molecular flexibility index (Phi) is 4.70. The lowest BCUT2D eigenvalue weighted by molar-refractivity contribution is -0.139. The number of hydrogen-bond acceptors (Lipinski definition) is 4. The molecule has 0 saturated carbocycles. The number of urea groups is 1. The number of allylic oxidation sites excluding steroid dienone is 1. The number of methoxy groups -OCH3 is 1. The first-order valence-corrected chi connectivity index (χ1v) is 7.07. The second-order valence-corrected chi connectivity index (χ2v) is 5.02. The molecule has 0 spiro atoms. The van der Waals surface area contributed by atoms with Gasteiger partial charge in [-0.15, -0.1) is 0 Å². The summed E-state index contributed by atoms with van der Waals surface area (Å²) in [6.45, 7) is 5.63. The number of esters is 1. The van der Waals surface area contributed by atoms with Gasteiger partial charge in [-0.2, -0.15) is 0 Å². The molecule has 118 valence electrons. The zero-order valence-electron chi connectivity index (χ0n) is 13.1. The minimum Gasteiger partial charge on any atom is -0.496 e. The van der Waals surface area contributed by atoms with Crippen molar-refractivity contribution in [3.8, 4) is 5.75 Å². The van der Waals surface area contributed by atoms with Crippen LogP contribution >= 0.6 is 0 Å². The maximum Gasteiger partial charge on any atom is 0.338 e. The van der Waals surface area contributed by atoms with Gasteiger partial charge in [-0.1, -0.05) is 12.1 Å². The van der Waals surface area contributed by atoms with Crippen molar-refractivity contribution in [3.05, 3.63) is 40.6 Å². The minimum absolute atomic E-state index is 0.271. The lowest BCUT2D eigenvalue weighted by atomic mass is 9.94. The molecule has 6 nitrogen and oxygen atoms in total. The highest BCUT2D eigenvalue weighted by atomic mass is 16.5. The van der Waals surface area contributed by atoms with Gasteiger partial charge in [-0.3, -0.25) is 0 Å². The Bertz CT molecular complexity index is 637. The molecule has 0 aromatic heterocycles. The van der Waals surface area contributed by atoms with Gasteiger partial charge in [0.25, 0.3) is 0 Å². The van der Waals surface area contributed by atoms with Crippen molar-refractivity contribution in [2.24, 2.45) is 0 Å². The maximum absolute atomic E-state index is 12.2. The summed E-state index contributed by atoms with van der Waals surface area (Å²) in [7, 11) is 1.58. The standard InChI is InChI=1S/C16H20N2O4/c1-5-22-15(19)13-10(3)17-16(20)18-14(13)11-7-6-9(2)12(8-11)21-4/h6-8,14H,5H2,1-4H3,(H2,17,18,20)/t14-/m1/s1. The summed E-state index contributed by atoms with van der Waals surface area (Å²) >= 11 is 0. The Hall–Kier alpha value is -2.50. The largest absolute Gasteiger partial charge is 0.496 e. The molecule has 1 atom stereocenters. The van der Waals surface area contributed by atoms with Gasteiger partial charge in [0, 0.05) is 5.70 Å². The fraction of sp³-hybridized carbons (Fsp3) is 0.375. The van der Waals surface area contributed by atoms with E-state index in [2.05, 4.69) is 10.6 Å². The van der Waals surface area contributed by atoms with Crippen molar-refractivity contribution in [2.75, 3.05) is 13.7 Å². The average molecular weight is 304 g/mol. The third-order valence-electron chi connectivity index (χ3n) is 3.53. The molecule has 22 heavy (non-hydrogen) atoms. The van der Waals surface area contributed by atoms with Gasteiger partial charge in [-0.05, 0) is 38.0 Å². The van der Waals surface area contributed by atoms with E-state index in [0.717, 1.165) is 11.1 Å². The second-order valence-electron chi connectivity index (χ2n) is 5.02. The summed E-state index contributed by atoms with van der Waals surface area (Å²) in [5, 5.41) is 5.36. The van der Waals surface area contributed by atoms with E-state index in [1.165, 1.54) is 0 Å². The molecule has 0 saturated heterocycles. The lowest BCUT2D eigenvalue weighted by Crippen LogP contribution is -2.45. The Morgan fingerprint density at radius 2 is 2.05 bits per heavy atom. The topological polar surface area (TPSA) is 76.7 Å². The van der Waals surface area contributed by atoms with Gasteiger partial charge in [-0.25, -0.2) is 9.59 Å². The van der Waals surface area contributed by atoms with Crippen molar-refractivity contribution in [3.63, 3.8) is 0 Å². The van der Waals surface area contributed by atoms with Crippen molar-refractivity contribution in [1.29, 1.82) is 0 Å². The van der Waals surface area contributed by atoms with Crippen molar-refractivity contribution in [1.82, 2.24) is 10.6 Å². The van der Waals surface area contributed by atoms with E-state index in [1.807, 2.05) is 25.1 Å². The predicted octanol–water partition coefficient (Wildman–Crippen LogP) is 2.19. The van der Waals surface area contributed by atoms with Gasteiger partial charge in [0.1, 0.15) is 5.75 Å². The number of carbonyl (C=O) groups excluding carboxylic acids is 2. The molecule has 0 aliphatic carbocycles. The molecule has 1 aliphatic heterocycles. The number of aryl methyl sites for hydroxylation is 1. The highest BCUT2D eigenvalue weighted by Gasteiger charge is 2.32. The van der Waals surface area contributed by atoms with E-state index < -0.39 is 12.0 Å². The normalized spacial score (nSPS) is 17.6. The fourth-order valence-corrected chi connectivity index (χ4v) is 2.44. The summed E-state index contributed by atoms with van der Waals surface area (Å²) in [4.78, 5) is 24.0. The molecule has 0 fully saturated rings. The number of nitrogens with one attached hydrogen (secondary N) is 2. The Labute approximate surface area is 129 Å². The first kappa shape index (κ1) is 15.9. The van der Waals surface area contributed by atoms with Crippen LogP contribution in [0.5, 0.6) is 5.75 Å². The first-order valence-electron chi connectivity index (χ1n) is 7.07. The number of hydrogen-bond donors (Lipinski definition) is 2. The Balaban J connectivity index is 2.47. The van der Waals surface area contributed by atoms with Gasteiger partial charge < -0.3 is 20.1 Å². The van der Waals surface area contributed by atoms with E-state index in [1.54, 1.807) is 21.0 Å². The molecule has 1 aromatic carbocycles.